The van der Waals surface area contributed by atoms with Crippen LogP contribution in [0, 0.1) is 13.8 Å². The van der Waals surface area contributed by atoms with Crippen molar-refractivity contribution in [3.8, 4) is 5.75 Å². The molecule has 0 saturated carbocycles. The van der Waals surface area contributed by atoms with Crippen molar-refractivity contribution in [2.45, 2.75) is 18.7 Å². The Bertz CT molecular complexity index is 794. The van der Waals surface area contributed by atoms with Crippen LogP contribution in [0.15, 0.2) is 47.4 Å². The first-order chi connectivity index (χ1) is 10.8. The fourth-order valence-corrected chi connectivity index (χ4v) is 3.16. The van der Waals surface area contributed by atoms with Gasteiger partial charge in [-0.1, -0.05) is 6.07 Å². The molecule has 0 aliphatic rings. The van der Waals surface area contributed by atoms with Crippen LogP contribution in [0.3, 0.4) is 0 Å². The van der Waals surface area contributed by atoms with E-state index in [0.717, 1.165) is 11.1 Å². The highest BCUT2D eigenvalue weighted by Gasteiger charge is 2.14. The van der Waals surface area contributed by atoms with Gasteiger partial charge in [0, 0.05) is 5.69 Å². The van der Waals surface area contributed by atoms with E-state index in [0.29, 0.717) is 11.4 Å². The zero-order chi connectivity index (χ0) is 17.0. The van der Waals surface area contributed by atoms with Crippen molar-refractivity contribution in [3.05, 3.63) is 53.6 Å². The number of aryl methyl sites for hydroxylation is 2. The molecule has 2 rings (SSSR count). The van der Waals surface area contributed by atoms with Gasteiger partial charge in [0.05, 0.1) is 4.90 Å². The smallest absolute Gasteiger partial charge is 0.261 e. The van der Waals surface area contributed by atoms with E-state index < -0.39 is 15.9 Å². The Labute approximate surface area is 135 Å². The molecule has 6 nitrogen and oxygen atoms in total. The van der Waals surface area contributed by atoms with Crippen LogP contribution in [0.25, 0.3) is 0 Å². The molecular formula is C16H18N2O4S. The van der Waals surface area contributed by atoms with Crippen LogP contribution in [0.5, 0.6) is 5.75 Å². The normalized spacial score (nSPS) is 11.0. The second-order valence-electron chi connectivity index (χ2n) is 5.21. The molecule has 23 heavy (non-hydrogen) atoms. The summed E-state index contributed by atoms with van der Waals surface area (Å²) in [6, 6.07) is 11.2. The first-order valence-corrected chi connectivity index (χ1v) is 8.37. The number of hydrogen-bond acceptors (Lipinski definition) is 4. The fourth-order valence-electron chi connectivity index (χ4n) is 2.12. The lowest BCUT2D eigenvalue weighted by molar-refractivity contribution is -0.119. The van der Waals surface area contributed by atoms with Gasteiger partial charge in [0.25, 0.3) is 15.9 Å². The summed E-state index contributed by atoms with van der Waals surface area (Å²) in [6.45, 7) is 3.54. The summed E-state index contributed by atoms with van der Waals surface area (Å²) < 4.78 is 32.4. The van der Waals surface area contributed by atoms with Crippen LogP contribution in [0.4, 0.5) is 5.69 Å². The van der Waals surface area contributed by atoms with Gasteiger partial charge < -0.3 is 10.5 Å². The standard InChI is InChI=1S/C16H18N2O4S/c1-11-7-12(2)9-13(8-11)18-23(20,21)15-5-3-14(4-6-15)22-10-16(17)19/h3-9,18H,10H2,1-2H3,(H2,17,19). The summed E-state index contributed by atoms with van der Waals surface area (Å²) in [7, 11) is -3.69. The Balaban J connectivity index is 2.17. The van der Waals surface area contributed by atoms with Gasteiger partial charge in [-0.25, -0.2) is 8.42 Å². The summed E-state index contributed by atoms with van der Waals surface area (Å²) >= 11 is 0. The molecule has 0 spiro atoms. The molecule has 0 aromatic heterocycles. The summed E-state index contributed by atoms with van der Waals surface area (Å²) in [5, 5.41) is 0. The molecule has 0 saturated heterocycles. The first-order valence-electron chi connectivity index (χ1n) is 6.88. The van der Waals surface area contributed by atoms with Gasteiger partial charge in [0.15, 0.2) is 6.61 Å². The second kappa shape index (κ2) is 6.70. The van der Waals surface area contributed by atoms with Crippen LogP contribution in [-0.4, -0.2) is 20.9 Å². The van der Waals surface area contributed by atoms with Crippen molar-refractivity contribution in [1.29, 1.82) is 0 Å². The van der Waals surface area contributed by atoms with E-state index in [1.165, 1.54) is 24.3 Å². The Morgan fingerprint density at radius 1 is 1.09 bits per heavy atom. The molecule has 7 heteroatoms. The quantitative estimate of drug-likeness (QED) is 0.843. The number of nitrogens with one attached hydrogen (secondary N) is 1. The topological polar surface area (TPSA) is 98.5 Å². The molecule has 0 radical (unpaired) electrons. The van der Waals surface area contributed by atoms with Crippen molar-refractivity contribution in [3.63, 3.8) is 0 Å². The van der Waals surface area contributed by atoms with E-state index >= 15 is 0 Å². The molecule has 0 aliphatic heterocycles. The number of ether oxygens (including phenoxy) is 1. The molecule has 0 heterocycles. The Morgan fingerprint density at radius 2 is 1.65 bits per heavy atom. The molecule has 0 unspecified atom stereocenters. The molecule has 2 aromatic rings. The number of amides is 1. The van der Waals surface area contributed by atoms with Gasteiger partial charge in [-0.05, 0) is 61.4 Å². The van der Waals surface area contributed by atoms with E-state index in [-0.39, 0.29) is 11.5 Å². The van der Waals surface area contributed by atoms with E-state index in [2.05, 4.69) is 4.72 Å². The number of hydrogen-bond donors (Lipinski definition) is 2. The molecule has 0 atom stereocenters. The maximum absolute atomic E-state index is 12.4. The third-order valence-corrected chi connectivity index (χ3v) is 4.39. The molecule has 122 valence electrons. The number of primary amides is 1. The summed E-state index contributed by atoms with van der Waals surface area (Å²) in [6.07, 6.45) is 0. The monoisotopic (exact) mass is 334 g/mol. The van der Waals surface area contributed by atoms with Crippen LogP contribution in [0.2, 0.25) is 0 Å². The van der Waals surface area contributed by atoms with Crippen LogP contribution in [-0.2, 0) is 14.8 Å². The lowest BCUT2D eigenvalue weighted by Gasteiger charge is -2.10. The van der Waals surface area contributed by atoms with E-state index in [9.17, 15) is 13.2 Å². The zero-order valence-corrected chi connectivity index (χ0v) is 13.7. The maximum Gasteiger partial charge on any atom is 0.261 e. The number of rotatable bonds is 6. The van der Waals surface area contributed by atoms with Gasteiger partial charge in [-0.3, -0.25) is 9.52 Å². The number of sulfonamides is 1. The highest BCUT2D eigenvalue weighted by atomic mass is 32.2. The average molecular weight is 334 g/mol. The second-order valence-corrected chi connectivity index (χ2v) is 6.89. The van der Waals surface area contributed by atoms with Crippen molar-refractivity contribution < 1.29 is 17.9 Å². The predicted molar refractivity (Wildman–Crippen MR) is 87.9 cm³/mol. The van der Waals surface area contributed by atoms with Crippen molar-refractivity contribution in [1.82, 2.24) is 0 Å². The van der Waals surface area contributed by atoms with E-state index in [4.69, 9.17) is 10.5 Å². The molecule has 2 aromatic carbocycles. The minimum absolute atomic E-state index is 0.100. The molecule has 1 amide bonds. The largest absolute Gasteiger partial charge is 0.484 e. The average Bonchev–Trinajstić information content (AvgIpc) is 2.44. The van der Waals surface area contributed by atoms with Crippen LogP contribution >= 0.6 is 0 Å². The third-order valence-electron chi connectivity index (χ3n) is 2.99. The molecule has 0 bridgehead atoms. The summed E-state index contributed by atoms with van der Waals surface area (Å²) in [5.41, 5.74) is 7.43. The Kier molecular flexibility index (Phi) is 4.90. The van der Waals surface area contributed by atoms with Gasteiger partial charge >= 0.3 is 0 Å². The number of anilines is 1. The highest BCUT2D eigenvalue weighted by Crippen LogP contribution is 2.21. The van der Waals surface area contributed by atoms with Crippen LogP contribution in [0.1, 0.15) is 11.1 Å². The van der Waals surface area contributed by atoms with Gasteiger partial charge in [0.1, 0.15) is 5.75 Å². The minimum Gasteiger partial charge on any atom is -0.484 e. The van der Waals surface area contributed by atoms with Gasteiger partial charge in [-0.2, -0.15) is 0 Å². The lowest BCUT2D eigenvalue weighted by Crippen LogP contribution is -2.20. The van der Waals surface area contributed by atoms with Gasteiger partial charge in [0.2, 0.25) is 0 Å². The summed E-state index contributed by atoms with van der Waals surface area (Å²) in [4.78, 5) is 10.7. The summed E-state index contributed by atoms with van der Waals surface area (Å²) in [5.74, 6) is -0.229. The number of carbonyl (C=O) groups excluding carboxylic acids is 1. The minimum atomic E-state index is -3.69. The fraction of sp³-hybridized carbons (Fsp3) is 0.188. The maximum atomic E-state index is 12.4. The lowest BCUT2D eigenvalue weighted by atomic mass is 10.1. The van der Waals surface area contributed by atoms with Crippen molar-refractivity contribution in [2.75, 3.05) is 11.3 Å². The predicted octanol–water partition coefficient (Wildman–Crippen LogP) is 1.97. The first kappa shape index (κ1) is 16.8. The Morgan fingerprint density at radius 3 is 2.17 bits per heavy atom. The number of benzene rings is 2. The Hall–Kier alpha value is -2.54. The molecule has 3 N–H and O–H groups in total. The zero-order valence-electron chi connectivity index (χ0n) is 12.9. The SMILES string of the molecule is Cc1cc(C)cc(NS(=O)(=O)c2ccc(OCC(N)=O)cc2)c1. The van der Waals surface area contributed by atoms with Gasteiger partial charge in [-0.15, -0.1) is 0 Å². The highest BCUT2D eigenvalue weighted by molar-refractivity contribution is 7.92. The van der Waals surface area contributed by atoms with Crippen molar-refractivity contribution >= 4 is 21.6 Å². The molecular weight excluding hydrogens is 316 g/mol. The third kappa shape index (κ3) is 4.72. The number of nitrogens with two attached hydrogens (primary N) is 1. The van der Waals surface area contributed by atoms with E-state index in [1.54, 1.807) is 12.1 Å². The molecule has 0 fully saturated rings. The number of carbonyl (C=O) groups is 1. The molecule has 0 aliphatic carbocycles. The van der Waals surface area contributed by atoms with Crippen molar-refractivity contribution in [2.24, 2.45) is 5.73 Å². The van der Waals surface area contributed by atoms with E-state index in [1.807, 2.05) is 19.9 Å². The van der Waals surface area contributed by atoms with Crippen LogP contribution < -0.4 is 15.2 Å².